The van der Waals surface area contributed by atoms with E-state index in [1.165, 1.54) is 13.8 Å². The van der Waals surface area contributed by atoms with Gasteiger partial charge in [0.05, 0.1) is 15.6 Å². The molecule has 2 aliphatic rings. The molecule has 0 saturated carbocycles. The maximum absolute atomic E-state index is 16.1. The van der Waals surface area contributed by atoms with E-state index in [0.717, 1.165) is 8.96 Å². The third kappa shape index (κ3) is 2.85. The molecule has 1 aromatic carbocycles. The van der Waals surface area contributed by atoms with Crippen LogP contribution in [0.4, 0.5) is 26.2 Å². The second-order valence-corrected chi connectivity index (χ2v) is 9.22. The van der Waals surface area contributed by atoms with Gasteiger partial charge in [0.15, 0.2) is 29.0 Å². The van der Waals surface area contributed by atoms with Crippen LogP contribution in [-0.4, -0.2) is 21.6 Å². The molecule has 0 amide bonds. The lowest BCUT2D eigenvalue weighted by Crippen LogP contribution is -2.51. The number of rotatable bonds is 3. The quantitative estimate of drug-likeness (QED) is 0.172. The molecule has 0 aliphatic carbocycles. The molecule has 0 unspecified atom stereocenters. The highest BCUT2D eigenvalue weighted by molar-refractivity contribution is 9.10. The van der Waals surface area contributed by atoms with E-state index < -0.39 is 40.3 Å². The molecule has 0 atom stereocenters. The molecule has 33 heavy (non-hydrogen) atoms. The second-order valence-electron chi connectivity index (χ2n) is 8.43. The van der Waals surface area contributed by atoms with Crippen molar-refractivity contribution in [2.24, 2.45) is 0 Å². The minimum Gasteiger partial charge on any atom is -0.393 e. The van der Waals surface area contributed by atoms with E-state index in [2.05, 4.69) is 15.9 Å². The molecule has 176 valence electrons. The minimum absolute atomic E-state index is 0.121. The normalized spacial score (nSPS) is 17.4. The highest BCUT2D eigenvalue weighted by Gasteiger charge is 2.57. The van der Waals surface area contributed by atoms with Crippen LogP contribution in [0, 0.1) is 37.1 Å². The Morgan fingerprint density at radius 3 is 1.91 bits per heavy atom. The van der Waals surface area contributed by atoms with E-state index in [4.69, 9.17) is 0 Å². The van der Waals surface area contributed by atoms with Crippen LogP contribution in [0.15, 0.2) is 21.3 Å². The summed E-state index contributed by atoms with van der Waals surface area (Å²) in [5.41, 5.74) is 0.986. The van der Waals surface area contributed by atoms with E-state index in [9.17, 15) is 8.78 Å². The van der Waals surface area contributed by atoms with Gasteiger partial charge in [-0.1, -0.05) is 13.8 Å². The van der Waals surface area contributed by atoms with Crippen LogP contribution in [0.2, 0.25) is 0 Å². The van der Waals surface area contributed by atoms with Gasteiger partial charge in [0.25, 0.3) is 0 Å². The summed E-state index contributed by atoms with van der Waals surface area (Å²) < 4.78 is 92.6. The van der Waals surface area contributed by atoms with E-state index >= 15 is 17.4 Å². The summed E-state index contributed by atoms with van der Waals surface area (Å²) in [4.78, 5) is 0. The van der Waals surface area contributed by atoms with Crippen LogP contribution in [0.3, 0.4) is 0 Å². The van der Waals surface area contributed by atoms with Crippen molar-refractivity contribution in [2.75, 3.05) is 0 Å². The summed E-state index contributed by atoms with van der Waals surface area (Å²) in [5.74, 6) is -6.52. The predicted octanol–water partition coefficient (Wildman–Crippen LogP) is 7.20. The maximum atomic E-state index is 16.1. The number of allylic oxidation sites excluding steroid dienone is 2. The van der Waals surface area contributed by atoms with Gasteiger partial charge in [-0.25, -0.2) is 17.6 Å². The van der Waals surface area contributed by atoms with E-state index in [1.54, 1.807) is 27.7 Å². The number of nitrogens with zero attached hydrogens (tertiary/aromatic N) is 2. The average Bonchev–Trinajstić information content (AvgIpc) is 3.17. The smallest absolute Gasteiger partial charge is 0.393 e. The second kappa shape index (κ2) is 7.65. The molecule has 0 bridgehead atoms. The van der Waals surface area contributed by atoms with Crippen molar-refractivity contribution in [3.63, 3.8) is 0 Å². The Morgan fingerprint density at radius 1 is 0.879 bits per heavy atom. The topological polar surface area (TPSA) is 7.94 Å². The molecule has 0 saturated heterocycles. The largest absolute Gasteiger partial charge is 0.737 e. The lowest BCUT2D eigenvalue weighted by molar-refractivity contribution is -0.363. The van der Waals surface area contributed by atoms with Crippen molar-refractivity contribution in [1.29, 1.82) is 0 Å². The summed E-state index contributed by atoms with van der Waals surface area (Å²) in [5, 5.41) is 0. The first-order chi connectivity index (χ1) is 15.3. The molecule has 2 aliphatic heterocycles. The van der Waals surface area contributed by atoms with Crippen molar-refractivity contribution in [2.45, 2.75) is 54.4 Å². The monoisotopic (exact) mass is 530 g/mol. The van der Waals surface area contributed by atoms with Crippen LogP contribution in [0.25, 0.3) is 5.57 Å². The zero-order chi connectivity index (χ0) is 24.7. The fourth-order valence-corrected chi connectivity index (χ4v) is 5.89. The summed E-state index contributed by atoms with van der Waals surface area (Å²) in [6.45, 7) is 5.37. The van der Waals surface area contributed by atoms with Crippen molar-refractivity contribution in [3.8, 4) is 0 Å². The molecule has 4 rings (SSSR count). The molecule has 2 nitrogen and oxygen atoms in total. The van der Waals surface area contributed by atoms with Crippen molar-refractivity contribution < 1.29 is 30.7 Å². The third-order valence-corrected chi connectivity index (χ3v) is 7.65. The van der Waals surface area contributed by atoms with Gasteiger partial charge in [-0.3, -0.25) is 0 Å². The standard InChI is InChI=1S/C23H22BBrF6N2/c1-7-13-9(3)22-16(15-18(26)20(28)17(25)21(29)19(15)27)23-10(4)14(8-2)12(6)33(23)24(30,31)32(22)11(13)5/h7-8H2,1-6H3. The molecule has 10 heteroatoms. The molecule has 2 aromatic rings. The van der Waals surface area contributed by atoms with E-state index in [-0.39, 0.29) is 28.4 Å². The fourth-order valence-electron chi connectivity index (χ4n) is 5.54. The SMILES string of the molecule is CCC1=C(C)C2=C(c3c(F)c(F)c(Br)c(F)c3F)c3c(C)c(CC)c(C)n3[B-](F)(F)[N+]2=C1C. The summed E-state index contributed by atoms with van der Waals surface area (Å²) in [7, 11) is 0. The summed E-state index contributed by atoms with van der Waals surface area (Å²) in [6, 6.07) is 0. The highest BCUT2D eigenvalue weighted by Crippen LogP contribution is 2.48. The van der Waals surface area contributed by atoms with Gasteiger partial charge >= 0.3 is 6.97 Å². The van der Waals surface area contributed by atoms with Crippen LogP contribution in [0.5, 0.6) is 0 Å². The molecule has 0 N–H and O–H groups in total. The minimum atomic E-state index is -4.43. The molecule has 1 aromatic heterocycles. The average molecular weight is 531 g/mol. The third-order valence-electron chi connectivity index (χ3n) is 6.96. The van der Waals surface area contributed by atoms with Crippen LogP contribution in [-0.2, 0) is 6.42 Å². The Morgan fingerprint density at radius 2 is 1.42 bits per heavy atom. The van der Waals surface area contributed by atoms with Crippen LogP contribution in [0.1, 0.15) is 62.2 Å². The molecule has 0 radical (unpaired) electrons. The van der Waals surface area contributed by atoms with Crippen molar-refractivity contribution in [3.05, 3.63) is 72.7 Å². The van der Waals surface area contributed by atoms with Gasteiger partial charge in [-0.2, -0.15) is 0 Å². The first kappa shape index (κ1) is 23.9. The lowest BCUT2D eigenvalue weighted by atomic mass is 9.83. The van der Waals surface area contributed by atoms with Gasteiger partial charge in [0.2, 0.25) is 0 Å². The predicted molar refractivity (Wildman–Crippen MR) is 121 cm³/mol. The number of aromatic nitrogens is 1. The highest BCUT2D eigenvalue weighted by atomic mass is 79.9. The van der Waals surface area contributed by atoms with Crippen LogP contribution >= 0.6 is 15.9 Å². The summed E-state index contributed by atoms with van der Waals surface area (Å²) >= 11 is 2.54. The van der Waals surface area contributed by atoms with Crippen molar-refractivity contribution >= 4 is 34.2 Å². The van der Waals surface area contributed by atoms with Crippen LogP contribution < -0.4 is 0 Å². The molecular formula is C23H22BBrF6N2. The van der Waals surface area contributed by atoms with Gasteiger partial charge in [0, 0.05) is 23.8 Å². The van der Waals surface area contributed by atoms with Gasteiger partial charge < -0.3 is 17.6 Å². The molecule has 3 heterocycles. The van der Waals surface area contributed by atoms with E-state index in [0.29, 0.717) is 35.1 Å². The lowest BCUT2D eigenvalue weighted by Gasteiger charge is -2.34. The first-order valence-electron chi connectivity index (χ1n) is 10.7. The Balaban J connectivity index is 2.33. The van der Waals surface area contributed by atoms with Gasteiger partial charge in [0.1, 0.15) is 5.71 Å². The van der Waals surface area contributed by atoms with E-state index in [1.807, 2.05) is 0 Å². The molecular weight excluding hydrogens is 509 g/mol. The number of benzene rings is 1. The van der Waals surface area contributed by atoms with Crippen molar-refractivity contribution in [1.82, 2.24) is 4.48 Å². The molecule has 0 spiro atoms. The number of halogens is 7. The zero-order valence-electron chi connectivity index (χ0n) is 19.0. The Labute approximate surface area is 196 Å². The Bertz CT molecular complexity index is 1320. The number of fused-ring (bicyclic) bond motifs is 2. The van der Waals surface area contributed by atoms with Gasteiger partial charge in [-0.15, -0.1) is 0 Å². The molecule has 0 fully saturated rings. The number of hydrogen-bond acceptors (Lipinski definition) is 0. The zero-order valence-corrected chi connectivity index (χ0v) is 20.6. The van der Waals surface area contributed by atoms with Gasteiger partial charge in [-0.05, 0) is 66.4 Å². The first-order valence-corrected chi connectivity index (χ1v) is 11.5. The maximum Gasteiger partial charge on any atom is 0.737 e. The Kier molecular flexibility index (Phi) is 5.54. The summed E-state index contributed by atoms with van der Waals surface area (Å²) in [6.07, 6.45) is 0.802. The Hall–Kier alpha value is -2.23. The fraction of sp³-hybridized carbons (Fsp3) is 0.348. The number of hydrogen-bond donors (Lipinski definition) is 0.